The average Bonchev–Trinajstić information content (AvgIpc) is 2.43. The van der Waals surface area contributed by atoms with E-state index in [1.807, 2.05) is 6.92 Å². The molecule has 1 aromatic carbocycles. The first-order chi connectivity index (χ1) is 9.80. The zero-order valence-corrected chi connectivity index (χ0v) is 15.6. The van der Waals surface area contributed by atoms with E-state index < -0.39 is 15.6 Å². The van der Waals surface area contributed by atoms with Gasteiger partial charge >= 0.3 is 0 Å². The monoisotopic (exact) mass is 434 g/mol. The first-order valence-electron chi connectivity index (χ1n) is 6.70. The van der Waals surface area contributed by atoms with E-state index in [-0.39, 0.29) is 4.90 Å². The third kappa shape index (κ3) is 3.67. The van der Waals surface area contributed by atoms with Crippen molar-refractivity contribution in [1.29, 1.82) is 5.26 Å². The number of halogens is 2. The molecular formula is C14H16Br2N2O2S. The molecule has 7 heteroatoms. The highest BCUT2D eigenvalue weighted by molar-refractivity contribution is 9.11. The molecule has 4 nitrogen and oxygen atoms in total. The summed E-state index contributed by atoms with van der Waals surface area (Å²) < 4.78 is 29.1. The summed E-state index contributed by atoms with van der Waals surface area (Å²) in [6.45, 7) is 1.89. The molecule has 1 saturated carbocycles. The predicted octanol–water partition coefficient (Wildman–Crippen LogP) is 4.02. The lowest BCUT2D eigenvalue weighted by Gasteiger charge is -2.31. The van der Waals surface area contributed by atoms with Crippen LogP contribution in [0.25, 0.3) is 0 Å². The zero-order valence-electron chi connectivity index (χ0n) is 11.6. The third-order valence-electron chi connectivity index (χ3n) is 3.75. The van der Waals surface area contributed by atoms with Gasteiger partial charge in [0, 0.05) is 8.95 Å². The van der Waals surface area contributed by atoms with Gasteiger partial charge in [-0.1, -0.05) is 35.2 Å². The van der Waals surface area contributed by atoms with E-state index in [0.29, 0.717) is 17.3 Å². The maximum atomic E-state index is 12.6. The van der Waals surface area contributed by atoms with E-state index >= 15 is 0 Å². The van der Waals surface area contributed by atoms with Crippen LogP contribution in [0.5, 0.6) is 0 Å². The molecule has 0 spiro atoms. The van der Waals surface area contributed by atoms with Gasteiger partial charge in [0.15, 0.2) is 0 Å². The minimum absolute atomic E-state index is 0.153. The molecule has 0 aliphatic heterocycles. The van der Waals surface area contributed by atoms with Crippen molar-refractivity contribution < 1.29 is 8.42 Å². The first-order valence-corrected chi connectivity index (χ1v) is 9.77. The van der Waals surface area contributed by atoms with E-state index in [2.05, 4.69) is 42.7 Å². The Kier molecular flexibility index (Phi) is 5.14. The van der Waals surface area contributed by atoms with Crippen molar-refractivity contribution in [3.8, 4) is 6.07 Å². The molecule has 0 saturated heterocycles. The zero-order chi connectivity index (χ0) is 15.7. The Morgan fingerprint density at radius 3 is 2.38 bits per heavy atom. The van der Waals surface area contributed by atoms with Crippen molar-refractivity contribution in [2.75, 3.05) is 0 Å². The third-order valence-corrected chi connectivity index (χ3v) is 7.10. The summed E-state index contributed by atoms with van der Waals surface area (Å²) in [6.07, 6.45) is 3.91. The molecule has 0 radical (unpaired) electrons. The van der Waals surface area contributed by atoms with Crippen molar-refractivity contribution in [2.24, 2.45) is 0 Å². The first kappa shape index (κ1) is 16.9. The number of sulfonamides is 1. The van der Waals surface area contributed by atoms with Crippen LogP contribution >= 0.6 is 31.9 Å². The molecule has 0 heterocycles. The Labute approximate surface area is 142 Å². The van der Waals surface area contributed by atoms with Crippen LogP contribution in [0.3, 0.4) is 0 Å². The van der Waals surface area contributed by atoms with Gasteiger partial charge in [-0.25, -0.2) is 8.42 Å². The topological polar surface area (TPSA) is 70.0 Å². The Morgan fingerprint density at radius 2 is 1.81 bits per heavy atom. The molecule has 21 heavy (non-hydrogen) atoms. The quantitative estimate of drug-likeness (QED) is 0.779. The van der Waals surface area contributed by atoms with Gasteiger partial charge in [0.05, 0.1) is 11.0 Å². The summed E-state index contributed by atoms with van der Waals surface area (Å²) >= 11 is 6.65. The second kappa shape index (κ2) is 6.37. The Hall–Kier alpha value is -0.420. The van der Waals surface area contributed by atoms with Crippen LogP contribution in [0, 0.1) is 18.3 Å². The van der Waals surface area contributed by atoms with Crippen molar-refractivity contribution in [3.05, 3.63) is 26.6 Å². The minimum Gasteiger partial charge on any atom is -0.207 e. The number of aryl methyl sites for hydroxylation is 1. The molecule has 0 unspecified atom stereocenters. The molecule has 1 aliphatic carbocycles. The maximum absolute atomic E-state index is 12.6. The van der Waals surface area contributed by atoms with E-state index in [1.165, 1.54) is 0 Å². The van der Waals surface area contributed by atoms with Crippen LogP contribution in [0.1, 0.15) is 37.7 Å². The Balaban J connectivity index is 2.39. The summed E-state index contributed by atoms with van der Waals surface area (Å²) in [6, 6.07) is 5.49. The summed E-state index contributed by atoms with van der Waals surface area (Å²) in [5.74, 6) is 0. The van der Waals surface area contributed by atoms with Crippen LogP contribution in [-0.4, -0.2) is 14.0 Å². The second-order valence-corrected chi connectivity index (χ2v) is 8.75. The van der Waals surface area contributed by atoms with E-state index in [0.717, 1.165) is 29.3 Å². The molecule has 1 aliphatic rings. The molecule has 1 N–H and O–H groups in total. The molecule has 0 amide bonds. The van der Waals surface area contributed by atoms with Gasteiger partial charge < -0.3 is 0 Å². The SMILES string of the molecule is Cc1cc(Br)c(S(=O)(=O)NC2(C#N)CCCCC2)cc1Br. The Bertz CT molecular complexity index is 690. The number of nitrogens with zero attached hydrogens (tertiary/aromatic N) is 1. The number of hydrogen-bond donors (Lipinski definition) is 1. The second-order valence-electron chi connectivity index (χ2n) is 5.39. The fraction of sp³-hybridized carbons (Fsp3) is 0.500. The highest BCUT2D eigenvalue weighted by atomic mass is 79.9. The summed E-state index contributed by atoms with van der Waals surface area (Å²) in [4.78, 5) is 0.153. The predicted molar refractivity (Wildman–Crippen MR) is 88.3 cm³/mol. The van der Waals surface area contributed by atoms with Gasteiger partial charge in [-0.2, -0.15) is 9.98 Å². The van der Waals surface area contributed by atoms with E-state index in [4.69, 9.17) is 0 Å². The molecule has 0 aromatic heterocycles. The molecular weight excluding hydrogens is 420 g/mol. The summed E-state index contributed by atoms with van der Waals surface area (Å²) in [7, 11) is -3.75. The van der Waals surface area contributed by atoms with Crippen molar-refractivity contribution >= 4 is 41.9 Å². The number of nitriles is 1. The van der Waals surface area contributed by atoms with Crippen LogP contribution in [0.2, 0.25) is 0 Å². The summed E-state index contributed by atoms with van der Waals surface area (Å²) in [5, 5.41) is 9.42. The van der Waals surface area contributed by atoms with Crippen LogP contribution in [0.4, 0.5) is 0 Å². The normalized spacial score (nSPS) is 18.2. The number of rotatable bonds is 3. The largest absolute Gasteiger partial charge is 0.243 e. The highest BCUT2D eigenvalue weighted by Crippen LogP contribution is 2.33. The Morgan fingerprint density at radius 1 is 1.19 bits per heavy atom. The highest BCUT2D eigenvalue weighted by Gasteiger charge is 2.37. The van der Waals surface area contributed by atoms with E-state index in [1.54, 1.807) is 12.1 Å². The summed E-state index contributed by atoms with van der Waals surface area (Å²) in [5.41, 5.74) is -0.0399. The van der Waals surface area contributed by atoms with Crippen LogP contribution in [-0.2, 0) is 10.0 Å². The van der Waals surface area contributed by atoms with Crippen molar-refractivity contribution in [3.63, 3.8) is 0 Å². The molecule has 1 fully saturated rings. The number of hydrogen-bond acceptors (Lipinski definition) is 3. The van der Waals surface area contributed by atoms with Crippen molar-refractivity contribution in [1.82, 2.24) is 4.72 Å². The van der Waals surface area contributed by atoms with Gasteiger partial charge in [-0.3, -0.25) is 0 Å². The minimum atomic E-state index is -3.75. The lowest BCUT2D eigenvalue weighted by atomic mass is 9.84. The van der Waals surface area contributed by atoms with Gasteiger partial charge in [-0.05, 0) is 53.4 Å². The van der Waals surface area contributed by atoms with Crippen molar-refractivity contribution in [2.45, 2.75) is 49.5 Å². The smallest absolute Gasteiger partial charge is 0.207 e. The fourth-order valence-electron chi connectivity index (χ4n) is 2.54. The van der Waals surface area contributed by atoms with Crippen LogP contribution in [0.15, 0.2) is 26.0 Å². The average molecular weight is 436 g/mol. The number of nitrogens with one attached hydrogen (secondary N) is 1. The van der Waals surface area contributed by atoms with Crippen LogP contribution < -0.4 is 4.72 Å². The van der Waals surface area contributed by atoms with Gasteiger partial charge in [0.2, 0.25) is 10.0 Å². The number of benzene rings is 1. The molecule has 0 atom stereocenters. The maximum Gasteiger partial charge on any atom is 0.243 e. The molecule has 114 valence electrons. The van der Waals surface area contributed by atoms with E-state index in [9.17, 15) is 13.7 Å². The standard InChI is InChI=1S/C14H16Br2N2O2S/c1-10-7-12(16)13(8-11(10)15)21(19,20)18-14(9-17)5-3-2-4-6-14/h7-8,18H,2-6H2,1H3. The fourth-order valence-corrected chi connectivity index (χ4v) is 5.59. The van der Waals surface area contributed by atoms with Gasteiger partial charge in [0.1, 0.15) is 5.54 Å². The van der Waals surface area contributed by atoms with Gasteiger partial charge in [0.25, 0.3) is 0 Å². The molecule has 2 rings (SSSR count). The molecule has 0 bridgehead atoms. The lowest BCUT2D eigenvalue weighted by molar-refractivity contribution is 0.338. The molecule has 1 aromatic rings. The lowest BCUT2D eigenvalue weighted by Crippen LogP contribution is -2.48. The van der Waals surface area contributed by atoms with Gasteiger partial charge in [-0.15, -0.1) is 0 Å².